The minimum atomic E-state index is -3.16. The van der Waals surface area contributed by atoms with E-state index in [0.717, 1.165) is 24.9 Å². The highest BCUT2D eigenvalue weighted by atomic mass is 32.2. The van der Waals surface area contributed by atoms with Gasteiger partial charge in [-0.3, -0.25) is 4.79 Å². The number of carbonyl (C=O) groups is 1. The van der Waals surface area contributed by atoms with E-state index in [1.54, 1.807) is 11.8 Å². The number of hydrogen-bond donors (Lipinski definition) is 0. The molecule has 0 aliphatic carbocycles. The monoisotopic (exact) mass is 222 g/mol. The standard InChI is InChI=1S/C8H14O3S2/c1-8(4-3-5-12-8)7(9)6-13(2,10)11/h3-6H2,1-2H3. The second kappa shape index (κ2) is 3.61. The Morgan fingerprint density at radius 3 is 2.54 bits per heavy atom. The second-order valence-corrected chi connectivity index (χ2v) is 7.41. The number of hydrogen-bond acceptors (Lipinski definition) is 4. The summed E-state index contributed by atoms with van der Waals surface area (Å²) >= 11 is 1.58. The lowest BCUT2D eigenvalue weighted by Crippen LogP contribution is -2.34. The van der Waals surface area contributed by atoms with Gasteiger partial charge < -0.3 is 0 Å². The van der Waals surface area contributed by atoms with Crippen LogP contribution < -0.4 is 0 Å². The summed E-state index contributed by atoms with van der Waals surface area (Å²) in [5.41, 5.74) is 0. The van der Waals surface area contributed by atoms with E-state index in [1.807, 2.05) is 6.92 Å². The van der Waals surface area contributed by atoms with Crippen LogP contribution in [-0.4, -0.2) is 36.7 Å². The second-order valence-electron chi connectivity index (χ2n) is 3.68. The summed E-state index contributed by atoms with van der Waals surface area (Å²) in [5.74, 6) is 0.514. The number of ketones is 1. The molecular formula is C8H14O3S2. The molecule has 1 saturated heterocycles. The first-order chi connectivity index (χ1) is 5.83. The molecule has 0 radical (unpaired) electrons. The zero-order valence-electron chi connectivity index (χ0n) is 7.87. The summed E-state index contributed by atoms with van der Waals surface area (Å²) < 4.78 is 21.4. The van der Waals surface area contributed by atoms with Gasteiger partial charge in [0.25, 0.3) is 0 Å². The van der Waals surface area contributed by atoms with Crippen LogP contribution in [0.5, 0.6) is 0 Å². The Hall–Kier alpha value is -0.0300. The maximum atomic E-state index is 11.6. The van der Waals surface area contributed by atoms with E-state index in [-0.39, 0.29) is 11.5 Å². The molecule has 5 heteroatoms. The van der Waals surface area contributed by atoms with E-state index >= 15 is 0 Å². The van der Waals surface area contributed by atoms with Crippen molar-refractivity contribution < 1.29 is 13.2 Å². The first kappa shape index (κ1) is 11.0. The average Bonchev–Trinajstić information content (AvgIpc) is 2.33. The molecule has 1 aliphatic rings. The van der Waals surface area contributed by atoms with Crippen molar-refractivity contribution in [2.45, 2.75) is 24.5 Å². The number of Topliss-reactive ketones (excluding diaryl/α,β-unsaturated/α-hetero) is 1. The smallest absolute Gasteiger partial charge is 0.163 e. The highest BCUT2D eigenvalue weighted by Crippen LogP contribution is 2.38. The van der Waals surface area contributed by atoms with Crippen LogP contribution in [0.25, 0.3) is 0 Å². The molecule has 0 spiro atoms. The Balaban J connectivity index is 2.67. The highest BCUT2D eigenvalue weighted by Gasteiger charge is 2.37. The Kier molecular flexibility index (Phi) is 3.07. The number of carbonyl (C=O) groups excluding carboxylic acids is 1. The van der Waals surface area contributed by atoms with Crippen LogP contribution in [0.15, 0.2) is 0 Å². The largest absolute Gasteiger partial charge is 0.297 e. The van der Waals surface area contributed by atoms with Crippen molar-refractivity contribution in [1.29, 1.82) is 0 Å². The normalized spacial score (nSPS) is 29.1. The molecule has 0 aromatic heterocycles. The van der Waals surface area contributed by atoms with Gasteiger partial charge in [0.1, 0.15) is 5.75 Å². The number of sulfone groups is 1. The van der Waals surface area contributed by atoms with Crippen molar-refractivity contribution in [3.05, 3.63) is 0 Å². The predicted molar refractivity (Wildman–Crippen MR) is 54.8 cm³/mol. The van der Waals surface area contributed by atoms with Gasteiger partial charge in [0, 0.05) is 6.26 Å². The molecule has 1 atom stereocenters. The molecule has 1 fully saturated rings. The molecule has 13 heavy (non-hydrogen) atoms. The topological polar surface area (TPSA) is 51.2 Å². The van der Waals surface area contributed by atoms with E-state index in [9.17, 15) is 13.2 Å². The Morgan fingerprint density at radius 1 is 1.54 bits per heavy atom. The quantitative estimate of drug-likeness (QED) is 0.711. The maximum absolute atomic E-state index is 11.6. The lowest BCUT2D eigenvalue weighted by atomic mass is 10.0. The molecule has 1 heterocycles. The molecule has 1 aliphatic heterocycles. The van der Waals surface area contributed by atoms with Crippen molar-refractivity contribution in [1.82, 2.24) is 0 Å². The van der Waals surface area contributed by atoms with Crippen LogP contribution in [0.3, 0.4) is 0 Å². The maximum Gasteiger partial charge on any atom is 0.163 e. The van der Waals surface area contributed by atoms with Gasteiger partial charge in [0.2, 0.25) is 0 Å². The van der Waals surface area contributed by atoms with Gasteiger partial charge in [-0.25, -0.2) is 8.42 Å². The zero-order valence-corrected chi connectivity index (χ0v) is 9.50. The molecule has 0 aromatic carbocycles. The van der Waals surface area contributed by atoms with Crippen LogP contribution in [0.4, 0.5) is 0 Å². The van der Waals surface area contributed by atoms with Gasteiger partial charge in [-0.1, -0.05) is 0 Å². The average molecular weight is 222 g/mol. The molecule has 3 nitrogen and oxygen atoms in total. The molecule has 0 N–H and O–H groups in total. The summed E-state index contributed by atoms with van der Waals surface area (Å²) in [7, 11) is -3.16. The molecular weight excluding hydrogens is 208 g/mol. The van der Waals surface area contributed by atoms with E-state index in [1.165, 1.54) is 0 Å². The fourth-order valence-electron chi connectivity index (χ4n) is 1.39. The van der Waals surface area contributed by atoms with Gasteiger partial charge >= 0.3 is 0 Å². The third kappa shape index (κ3) is 2.98. The van der Waals surface area contributed by atoms with Crippen molar-refractivity contribution in [3.8, 4) is 0 Å². The third-order valence-corrected chi connectivity index (χ3v) is 4.55. The first-order valence-corrected chi connectivity index (χ1v) is 7.23. The molecule has 0 aromatic rings. The van der Waals surface area contributed by atoms with Crippen LogP contribution in [-0.2, 0) is 14.6 Å². The lowest BCUT2D eigenvalue weighted by Gasteiger charge is -2.19. The fourth-order valence-corrected chi connectivity index (χ4v) is 3.54. The van der Waals surface area contributed by atoms with Crippen molar-refractivity contribution in [3.63, 3.8) is 0 Å². The van der Waals surface area contributed by atoms with Crippen molar-refractivity contribution in [2.24, 2.45) is 0 Å². The third-order valence-electron chi connectivity index (χ3n) is 2.20. The number of rotatable bonds is 3. The highest BCUT2D eigenvalue weighted by molar-refractivity contribution is 8.01. The van der Waals surface area contributed by atoms with Gasteiger partial charge in [0.05, 0.1) is 4.75 Å². The van der Waals surface area contributed by atoms with E-state index in [2.05, 4.69) is 0 Å². The van der Waals surface area contributed by atoms with Crippen LogP contribution in [0, 0.1) is 0 Å². The molecule has 0 saturated carbocycles. The molecule has 0 bridgehead atoms. The lowest BCUT2D eigenvalue weighted by molar-refractivity contribution is -0.118. The Labute approximate surface area is 83.2 Å². The van der Waals surface area contributed by atoms with Crippen LogP contribution >= 0.6 is 11.8 Å². The summed E-state index contributed by atoms with van der Waals surface area (Å²) in [6.07, 6.45) is 2.93. The van der Waals surface area contributed by atoms with E-state index < -0.39 is 14.6 Å². The van der Waals surface area contributed by atoms with Crippen molar-refractivity contribution >= 4 is 27.4 Å². The Morgan fingerprint density at radius 2 is 2.15 bits per heavy atom. The van der Waals surface area contributed by atoms with Gasteiger partial charge in [-0.05, 0) is 25.5 Å². The van der Waals surface area contributed by atoms with Gasteiger partial charge in [0.15, 0.2) is 15.6 Å². The minimum absolute atomic E-state index is 0.141. The molecule has 76 valence electrons. The first-order valence-electron chi connectivity index (χ1n) is 4.18. The zero-order chi connectivity index (χ0) is 10.1. The molecule has 1 unspecified atom stereocenters. The fraction of sp³-hybridized carbons (Fsp3) is 0.875. The summed E-state index contributed by atoms with van der Waals surface area (Å²) in [4.78, 5) is 11.6. The van der Waals surface area contributed by atoms with Gasteiger partial charge in [-0.2, -0.15) is 0 Å². The van der Waals surface area contributed by atoms with E-state index in [4.69, 9.17) is 0 Å². The summed E-state index contributed by atoms with van der Waals surface area (Å²) in [6.45, 7) is 1.85. The molecule has 1 rings (SSSR count). The summed E-state index contributed by atoms with van der Waals surface area (Å²) in [5, 5.41) is 0. The van der Waals surface area contributed by atoms with Crippen LogP contribution in [0.2, 0.25) is 0 Å². The predicted octanol–water partition coefficient (Wildman–Crippen LogP) is 0.886. The van der Waals surface area contributed by atoms with Crippen molar-refractivity contribution in [2.75, 3.05) is 17.8 Å². The minimum Gasteiger partial charge on any atom is -0.297 e. The Bertz CT molecular complexity index is 299. The van der Waals surface area contributed by atoms with E-state index in [0.29, 0.717) is 0 Å². The SMILES string of the molecule is CC1(C(=O)CS(C)(=O)=O)CCCS1. The summed E-state index contributed by atoms with van der Waals surface area (Å²) in [6, 6.07) is 0. The van der Waals surface area contributed by atoms with Gasteiger partial charge in [-0.15, -0.1) is 11.8 Å². The molecule has 0 amide bonds. The van der Waals surface area contributed by atoms with Crippen LogP contribution in [0.1, 0.15) is 19.8 Å². The number of thioether (sulfide) groups is 1.